The fourth-order valence-electron chi connectivity index (χ4n) is 3.50. The first-order valence-corrected chi connectivity index (χ1v) is 7.31. The van der Waals surface area contributed by atoms with Crippen LogP contribution >= 0.6 is 0 Å². The van der Waals surface area contributed by atoms with E-state index in [0.717, 1.165) is 17.5 Å². The van der Waals surface area contributed by atoms with Crippen molar-refractivity contribution in [3.8, 4) is 0 Å². The number of hydrogen-bond donors (Lipinski definition) is 0. The van der Waals surface area contributed by atoms with Gasteiger partial charge in [0.05, 0.1) is 11.1 Å². The van der Waals surface area contributed by atoms with Gasteiger partial charge >= 0.3 is 0 Å². The van der Waals surface area contributed by atoms with Gasteiger partial charge in [-0.1, -0.05) is 60.7 Å². The molecule has 0 N–H and O–H groups in total. The van der Waals surface area contributed by atoms with Crippen LogP contribution < -0.4 is 10.6 Å². The molecule has 98 valence electrons. The van der Waals surface area contributed by atoms with Crippen LogP contribution in [0.15, 0.2) is 77.4 Å². The van der Waals surface area contributed by atoms with Crippen molar-refractivity contribution in [2.75, 3.05) is 0 Å². The third-order valence-electron chi connectivity index (χ3n) is 4.46. The first kappa shape index (κ1) is 11.0. The molecule has 0 fully saturated rings. The number of benzene rings is 3. The zero-order valence-corrected chi connectivity index (χ0v) is 11.5. The van der Waals surface area contributed by atoms with E-state index in [1.54, 1.807) is 0 Å². The van der Waals surface area contributed by atoms with Crippen LogP contribution in [0.1, 0.15) is 11.1 Å². The molecule has 0 amide bonds. The monoisotopic (exact) mass is 267 g/mol. The van der Waals surface area contributed by atoms with Gasteiger partial charge in [0.15, 0.2) is 0 Å². The Bertz CT molecular complexity index is 1050. The molecule has 0 unspecified atom stereocenters. The first-order chi connectivity index (χ1) is 10.4. The summed E-state index contributed by atoms with van der Waals surface area (Å²) in [6, 6.07) is 21.6. The minimum absolute atomic E-state index is 0.977. The van der Waals surface area contributed by atoms with E-state index in [-0.39, 0.29) is 0 Å². The third-order valence-corrected chi connectivity index (χ3v) is 4.46. The second kappa shape index (κ2) is 3.92. The second-order valence-corrected chi connectivity index (χ2v) is 5.62. The molecule has 5 rings (SSSR count). The van der Waals surface area contributed by atoms with Crippen molar-refractivity contribution < 1.29 is 0 Å². The Kier molecular flexibility index (Phi) is 2.06. The van der Waals surface area contributed by atoms with Crippen molar-refractivity contribution in [2.24, 2.45) is 4.99 Å². The lowest BCUT2D eigenvalue weighted by Gasteiger charge is -2.15. The summed E-state index contributed by atoms with van der Waals surface area (Å²) in [4.78, 5) is 4.85. The smallest absolute Gasteiger partial charge is 0.0722 e. The van der Waals surface area contributed by atoms with Gasteiger partial charge in [-0.3, -0.25) is 0 Å². The van der Waals surface area contributed by atoms with Crippen LogP contribution in [0, 0.1) is 0 Å². The Hall–Kier alpha value is -2.67. The van der Waals surface area contributed by atoms with Crippen LogP contribution in [0.5, 0.6) is 0 Å². The largest absolute Gasteiger partial charge is 0.248 e. The molecule has 1 heteroatoms. The van der Waals surface area contributed by atoms with Gasteiger partial charge in [0.1, 0.15) is 0 Å². The molecular weight excluding hydrogens is 254 g/mol. The highest BCUT2D eigenvalue weighted by atomic mass is 14.8. The molecule has 1 heterocycles. The molecule has 3 aromatic carbocycles. The number of fused-ring (bicyclic) bond motifs is 6. The molecule has 3 aromatic rings. The Morgan fingerprint density at radius 1 is 0.810 bits per heavy atom. The summed E-state index contributed by atoms with van der Waals surface area (Å²) in [5.41, 5.74) is 5.18. The van der Waals surface area contributed by atoms with E-state index < -0.39 is 0 Å². The second-order valence-electron chi connectivity index (χ2n) is 5.62. The van der Waals surface area contributed by atoms with Gasteiger partial charge in [0.25, 0.3) is 0 Å². The Morgan fingerprint density at radius 2 is 1.67 bits per heavy atom. The number of nitrogens with zero attached hydrogens (tertiary/aromatic N) is 1. The molecule has 2 aliphatic rings. The molecule has 0 spiro atoms. The average molecular weight is 267 g/mol. The average Bonchev–Trinajstić information content (AvgIpc) is 2.94. The van der Waals surface area contributed by atoms with E-state index in [0.29, 0.717) is 0 Å². The van der Waals surface area contributed by atoms with E-state index in [4.69, 9.17) is 4.99 Å². The maximum Gasteiger partial charge on any atom is 0.0722 e. The van der Waals surface area contributed by atoms with Crippen LogP contribution in [0.25, 0.3) is 16.3 Å². The maximum atomic E-state index is 4.85. The summed E-state index contributed by atoms with van der Waals surface area (Å²) in [5.74, 6) is 0. The minimum Gasteiger partial charge on any atom is -0.248 e. The summed E-state index contributed by atoms with van der Waals surface area (Å²) in [7, 11) is 0. The predicted molar refractivity (Wildman–Crippen MR) is 85.5 cm³/mol. The normalized spacial score (nSPS) is 15.0. The summed E-state index contributed by atoms with van der Waals surface area (Å²) in [6.07, 6.45) is 3.23. The van der Waals surface area contributed by atoms with E-state index >= 15 is 0 Å². The third kappa shape index (κ3) is 1.43. The Morgan fingerprint density at radius 3 is 2.67 bits per heavy atom. The molecule has 1 nitrogen and oxygen atoms in total. The van der Waals surface area contributed by atoms with Crippen LogP contribution in [0.3, 0.4) is 0 Å². The molecule has 21 heavy (non-hydrogen) atoms. The van der Waals surface area contributed by atoms with Crippen molar-refractivity contribution >= 4 is 16.3 Å². The lowest BCUT2D eigenvalue weighted by Crippen LogP contribution is -2.24. The van der Waals surface area contributed by atoms with Gasteiger partial charge in [-0.2, -0.15) is 0 Å². The van der Waals surface area contributed by atoms with Crippen LogP contribution in [-0.2, 0) is 6.42 Å². The molecule has 1 aliphatic carbocycles. The van der Waals surface area contributed by atoms with Gasteiger partial charge < -0.3 is 0 Å². The van der Waals surface area contributed by atoms with Gasteiger partial charge in [0, 0.05) is 10.8 Å². The topological polar surface area (TPSA) is 12.4 Å². The van der Waals surface area contributed by atoms with Gasteiger partial charge in [0.2, 0.25) is 0 Å². The molecule has 0 bridgehead atoms. The van der Waals surface area contributed by atoms with Gasteiger partial charge in [-0.05, 0) is 34.4 Å². The van der Waals surface area contributed by atoms with Crippen molar-refractivity contribution in [2.45, 2.75) is 6.42 Å². The summed E-state index contributed by atoms with van der Waals surface area (Å²) >= 11 is 0. The van der Waals surface area contributed by atoms with Crippen molar-refractivity contribution in [3.63, 3.8) is 0 Å². The molecular formula is C20H13N. The number of rotatable bonds is 0. The fraction of sp³-hybridized carbons (Fsp3) is 0.0500. The summed E-state index contributed by atoms with van der Waals surface area (Å²) in [5, 5.41) is 4.98. The molecule has 0 atom stereocenters. The SMILES string of the molecule is C1=C2N=c3ccc4ccccc4c3=C2c2ccccc2C1. The molecule has 0 aromatic heterocycles. The fourth-order valence-corrected chi connectivity index (χ4v) is 3.50. The van der Waals surface area contributed by atoms with Crippen molar-refractivity contribution in [3.05, 3.63) is 94.1 Å². The first-order valence-electron chi connectivity index (χ1n) is 7.31. The highest BCUT2D eigenvalue weighted by Crippen LogP contribution is 2.31. The number of allylic oxidation sites excluding steroid dienone is 2. The van der Waals surface area contributed by atoms with Crippen LogP contribution in [-0.4, -0.2) is 0 Å². The van der Waals surface area contributed by atoms with E-state index in [2.05, 4.69) is 66.7 Å². The molecule has 1 aliphatic heterocycles. The van der Waals surface area contributed by atoms with Crippen molar-refractivity contribution in [1.82, 2.24) is 0 Å². The van der Waals surface area contributed by atoms with E-state index in [9.17, 15) is 0 Å². The Labute approximate surface area is 122 Å². The van der Waals surface area contributed by atoms with Crippen LogP contribution in [0.2, 0.25) is 0 Å². The summed E-state index contributed by atoms with van der Waals surface area (Å²) < 4.78 is 0. The zero-order valence-electron chi connectivity index (χ0n) is 11.5. The highest BCUT2D eigenvalue weighted by Gasteiger charge is 2.21. The lowest BCUT2D eigenvalue weighted by atomic mass is 9.89. The molecule has 0 saturated heterocycles. The maximum absolute atomic E-state index is 4.85. The predicted octanol–water partition coefficient (Wildman–Crippen LogP) is 3.11. The highest BCUT2D eigenvalue weighted by molar-refractivity contribution is 5.92. The van der Waals surface area contributed by atoms with Crippen molar-refractivity contribution in [1.29, 1.82) is 0 Å². The summed E-state index contributed by atoms with van der Waals surface area (Å²) in [6.45, 7) is 0. The van der Waals surface area contributed by atoms with Crippen LogP contribution in [0.4, 0.5) is 0 Å². The molecule has 0 saturated carbocycles. The molecule has 0 radical (unpaired) electrons. The van der Waals surface area contributed by atoms with Gasteiger partial charge in [-0.25, -0.2) is 4.99 Å². The minimum atomic E-state index is 0.977. The van der Waals surface area contributed by atoms with E-state index in [1.165, 1.54) is 32.7 Å². The van der Waals surface area contributed by atoms with Gasteiger partial charge in [-0.15, -0.1) is 0 Å². The van der Waals surface area contributed by atoms with E-state index in [1.807, 2.05) is 0 Å². The Balaban J connectivity index is 2.06. The lowest BCUT2D eigenvalue weighted by molar-refractivity contribution is 1.17. The zero-order chi connectivity index (χ0) is 13.8. The standard InChI is InChI=1S/C20H13N/c1-3-7-15-13(5-1)9-11-17-19(15)20-16-8-4-2-6-14(16)10-12-18(20)21-17/h1-9,11-12H,10H2. The number of hydrogen-bond acceptors (Lipinski definition) is 1. The quantitative estimate of drug-likeness (QED) is 0.593.